The Kier molecular flexibility index (Phi) is 4.56. The second-order valence-electron chi connectivity index (χ2n) is 2.90. The lowest BCUT2D eigenvalue weighted by Gasteiger charge is -2.14. The summed E-state index contributed by atoms with van der Waals surface area (Å²) in [6.45, 7) is 3.25. The molecular weight excluding hydrogens is 135 g/mol. The molecule has 0 saturated heterocycles. The smallest absolute Gasteiger partial charge is 0.128 e. The van der Waals surface area contributed by atoms with Crippen molar-refractivity contribution in [3.63, 3.8) is 0 Å². The van der Waals surface area contributed by atoms with Crippen LogP contribution >= 0.6 is 0 Å². The summed E-state index contributed by atoms with van der Waals surface area (Å²) < 4.78 is 12.6. The lowest BCUT2D eigenvalue weighted by Crippen LogP contribution is -2.26. The standard InChI is InChI=1S/C7H15FO2/c1-5(2)3-6(8)7(10)4-9/h5-7,9-10H,3-4H2,1-2H3/t6-,7+/m1/s1. The molecule has 0 radical (unpaired) electrons. The Balaban J connectivity index is 3.50. The highest BCUT2D eigenvalue weighted by Gasteiger charge is 2.17. The molecule has 0 aliphatic rings. The number of rotatable bonds is 4. The van der Waals surface area contributed by atoms with Crippen LogP contribution in [0.1, 0.15) is 20.3 Å². The Hall–Kier alpha value is -0.150. The van der Waals surface area contributed by atoms with E-state index in [0.717, 1.165) is 0 Å². The quantitative estimate of drug-likeness (QED) is 0.620. The fourth-order valence-electron chi connectivity index (χ4n) is 0.722. The van der Waals surface area contributed by atoms with E-state index in [-0.39, 0.29) is 5.92 Å². The highest BCUT2D eigenvalue weighted by atomic mass is 19.1. The molecule has 0 aromatic heterocycles. The zero-order valence-electron chi connectivity index (χ0n) is 6.42. The predicted molar refractivity (Wildman–Crippen MR) is 37.4 cm³/mol. The zero-order valence-corrected chi connectivity index (χ0v) is 6.42. The first-order chi connectivity index (χ1) is 4.57. The molecule has 0 aliphatic carbocycles. The first kappa shape index (κ1) is 9.85. The summed E-state index contributed by atoms with van der Waals surface area (Å²) >= 11 is 0. The SMILES string of the molecule is CC(C)C[C@@H](F)[C@@H](O)CO. The minimum absolute atomic E-state index is 0.219. The average molecular weight is 150 g/mol. The Bertz CT molecular complexity index is 85.7. The molecule has 0 aromatic rings. The van der Waals surface area contributed by atoms with Crippen molar-refractivity contribution in [2.75, 3.05) is 6.61 Å². The second-order valence-corrected chi connectivity index (χ2v) is 2.90. The van der Waals surface area contributed by atoms with Crippen molar-refractivity contribution in [3.05, 3.63) is 0 Å². The summed E-state index contributed by atoms with van der Waals surface area (Å²) in [5.41, 5.74) is 0. The molecule has 2 N–H and O–H groups in total. The number of hydrogen-bond acceptors (Lipinski definition) is 2. The Morgan fingerprint density at radius 3 is 2.20 bits per heavy atom. The van der Waals surface area contributed by atoms with Gasteiger partial charge >= 0.3 is 0 Å². The lowest BCUT2D eigenvalue weighted by atomic mass is 10.0. The minimum atomic E-state index is -1.29. The van der Waals surface area contributed by atoms with Crippen molar-refractivity contribution in [3.8, 4) is 0 Å². The second kappa shape index (κ2) is 4.63. The molecule has 0 spiro atoms. The molecular formula is C7H15FO2. The van der Waals surface area contributed by atoms with Crippen LogP contribution < -0.4 is 0 Å². The third-order valence-corrected chi connectivity index (χ3v) is 1.30. The highest BCUT2D eigenvalue weighted by molar-refractivity contribution is 4.67. The number of aliphatic hydroxyl groups excluding tert-OH is 2. The first-order valence-corrected chi connectivity index (χ1v) is 3.51. The van der Waals surface area contributed by atoms with E-state index in [1.165, 1.54) is 0 Å². The van der Waals surface area contributed by atoms with Crippen LogP contribution in [-0.2, 0) is 0 Å². The van der Waals surface area contributed by atoms with Gasteiger partial charge in [0.05, 0.1) is 6.61 Å². The lowest BCUT2D eigenvalue weighted by molar-refractivity contribution is 0.0204. The van der Waals surface area contributed by atoms with Crippen molar-refractivity contribution in [2.24, 2.45) is 5.92 Å². The fraction of sp³-hybridized carbons (Fsp3) is 1.00. The third-order valence-electron chi connectivity index (χ3n) is 1.30. The van der Waals surface area contributed by atoms with Gasteiger partial charge < -0.3 is 10.2 Å². The molecule has 0 unspecified atom stereocenters. The van der Waals surface area contributed by atoms with Gasteiger partial charge in [-0.1, -0.05) is 13.8 Å². The van der Waals surface area contributed by atoms with Crippen LogP contribution in [0.5, 0.6) is 0 Å². The van der Waals surface area contributed by atoms with E-state index in [0.29, 0.717) is 6.42 Å². The maximum Gasteiger partial charge on any atom is 0.128 e. The molecule has 3 heteroatoms. The Morgan fingerprint density at radius 2 is 1.90 bits per heavy atom. The van der Waals surface area contributed by atoms with Gasteiger partial charge in [0.1, 0.15) is 12.3 Å². The number of aliphatic hydroxyl groups is 2. The molecule has 0 saturated carbocycles. The molecule has 2 nitrogen and oxygen atoms in total. The van der Waals surface area contributed by atoms with Crippen molar-refractivity contribution < 1.29 is 14.6 Å². The van der Waals surface area contributed by atoms with E-state index < -0.39 is 18.9 Å². The topological polar surface area (TPSA) is 40.5 Å². The molecule has 2 atom stereocenters. The third kappa shape index (κ3) is 3.80. The van der Waals surface area contributed by atoms with Crippen molar-refractivity contribution in [2.45, 2.75) is 32.5 Å². The van der Waals surface area contributed by atoms with Crippen molar-refractivity contribution in [1.82, 2.24) is 0 Å². The summed E-state index contributed by atoms with van der Waals surface area (Å²) in [5, 5.41) is 17.1. The van der Waals surface area contributed by atoms with E-state index in [1.54, 1.807) is 0 Å². The summed E-state index contributed by atoms with van der Waals surface area (Å²) in [6.07, 6.45) is -2.19. The van der Waals surface area contributed by atoms with Crippen LogP contribution in [0.3, 0.4) is 0 Å². The van der Waals surface area contributed by atoms with E-state index in [1.807, 2.05) is 13.8 Å². The Labute approximate surface area is 60.7 Å². The largest absolute Gasteiger partial charge is 0.394 e. The number of halogens is 1. The van der Waals surface area contributed by atoms with Gasteiger partial charge in [0.2, 0.25) is 0 Å². The summed E-state index contributed by atoms with van der Waals surface area (Å²) in [7, 11) is 0. The van der Waals surface area contributed by atoms with Crippen molar-refractivity contribution >= 4 is 0 Å². The molecule has 0 rings (SSSR count). The van der Waals surface area contributed by atoms with Gasteiger partial charge in [-0.3, -0.25) is 0 Å². The molecule has 0 fully saturated rings. The highest BCUT2D eigenvalue weighted by Crippen LogP contribution is 2.11. The summed E-state index contributed by atoms with van der Waals surface area (Å²) in [5.74, 6) is 0.219. The van der Waals surface area contributed by atoms with E-state index >= 15 is 0 Å². The molecule has 10 heavy (non-hydrogen) atoms. The summed E-state index contributed by atoms with van der Waals surface area (Å²) in [4.78, 5) is 0. The van der Waals surface area contributed by atoms with Gasteiger partial charge in [0.15, 0.2) is 0 Å². The molecule has 0 aliphatic heterocycles. The van der Waals surface area contributed by atoms with Crippen molar-refractivity contribution in [1.29, 1.82) is 0 Å². The Morgan fingerprint density at radius 1 is 1.40 bits per heavy atom. The maximum absolute atomic E-state index is 12.6. The number of hydrogen-bond donors (Lipinski definition) is 2. The molecule has 0 amide bonds. The van der Waals surface area contributed by atoms with Crippen LogP contribution in [0.15, 0.2) is 0 Å². The van der Waals surface area contributed by atoms with Crippen LogP contribution in [-0.4, -0.2) is 29.1 Å². The maximum atomic E-state index is 12.6. The molecule has 0 heterocycles. The monoisotopic (exact) mass is 150 g/mol. The first-order valence-electron chi connectivity index (χ1n) is 3.51. The van der Waals surface area contributed by atoms with Gasteiger partial charge in [-0.05, 0) is 12.3 Å². The van der Waals surface area contributed by atoms with Gasteiger partial charge in [-0.25, -0.2) is 4.39 Å². The van der Waals surface area contributed by atoms with Crippen LogP contribution in [0.4, 0.5) is 4.39 Å². The normalized spacial score (nSPS) is 17.4. The molecule has 0 bridgehead atoms. The van der Waals surface area contributed by atoms with Crippen LogP contribution in [0.25, 0.3) is 0 Å². The molecule has 62 valence electrons. The summed E-state index contributed by atoms with van der Waals surface area (Å²) in [6, 6.07) is 0. The number of alkyl halides is 1. The fourth-order valence-corrected chi connectivity index (χ4v) is 0.722. The van der Waals surface area contributed by atoms with Gasteiger partial charge in [-0.15, -0.1) is 0 Å². The van der Waals surface area contributed by atoms with E-state index in [2.05, 4.69) is 0 Å². The van der Waals surface area contributed by atoms with E-state index in [4.69, 9.17) is 10.2 Å². The average Bonchev–Trinajstić information content (AvgIpc) is 1.85. The van der Waals surface area contributed by atoms with Gasteiger partial charge in [-0.2, -0.15) is 0 Å². The predicted octanol–water partition coefficient (Wildman–Crippen LogP) is 0.724. The minimum Gasteiger partial charge on any atom is -0.394 e. The van der Waals surface area contributed by atoms with Crippen LogP contribution in [0.2, 0.25) is 0 Å². The van der Waals surface area contributed by atoms with Crippen LogP contribution in [0, 0.1) is 5.92 Å². The van der Waals surface area contributed by atoms with Gasteiger partial charge in [0, 0.05) is 0 Å². The van der Waals surface area contributed by atoms with E-state index in [9.17, 15) is 4.39 Å². The van der Waals surface area contributed by atoms with Gasteiger partial charge in [0.25, 0.3) is 0 Å². The molecule has 0 aromatic carbocycles. The zero-order chi connectivity index (χ0) is 8.15.